The van der Waals surface area contributed by atoms with Gasteiger partial charge >= 0.3 is 0 Å². The molecule has 0 bridgehead atoms. The van der Waals surface area contributed by atoms with Crippen LogP contribution in [0.2, 0.25) is 0 Å². The van der Waals surface area contributed by atoms with Crippen LogP contribution in [0.3, 0.4) is 0 Å². The van der Waals surface area contributed by atoms with Gasteiger partial charge in [0.15, 0.2) is 0 Å². The molecule has 2 aromatic heterocycles. The highest BCUT2D eigenvalue weighted by molar-refractivity contribution is 5.98. The highest BCUT2D eigenvalue weighted by Crippen LogP contribution is 2.34. The first-order valence-electron chi connectivity index (χ1n) is 13.9. The molecule has 40 heavy (non-hydrogen) atoms. The number of likely N-dealkylation sites (tertiary alicyclic amines) is 1. The lowest BCUT2D eigenvalue weighted by atomic mass is 9.97. The number of pyridine rings is 1. The molecule has 1 fully saturated rings. The van der Waals surface area contributed by atoms with Gasteiger partial charge in [-0.2, -0.15) is 0 Å². The van der Waals surface area contributed by atoms with Crippen molar-refractivity contribution in [1.29, 1.82) is 0 Å². The largest absolute Gasteiger partial charge is 0.322 e. The second kappa shape index (κ2) is 12.0. The SMILES string of the molecule is C=CC1CCN(C)CC1.Cc1ncnc2ccc(C3=CCc4ncc(C(=O)NC5=CCC(C)C(F)=C5)cc43)cc12.[HH]. The Morgan fingerprint density at radius 1 is 1.18 bits per heavy atom. The van der Waals surface area contributed by atoms with Crippen molar-refractivity contribution in [3.05, 3.63) is 107 Å². The van der Waals surface area contributed by atoms with E-state index in [0.717, 1.165) is 44.9 Å². The molecule has 3 aromatic rings. The minimum atomic E-state index is -0.297. The first-order chi connectivity index (χ1) is 19.3. The van der Waals surface area contributed by atoms with Crippen molar-refractivity contribution in [3.8, 4) is 0 Å². The van der Waals surface area contributed by atoms with E-state index in [1.165, 1.54) is 32.0 Å². The fourth-order valence-electron chi connectivity index (χ4n) is 5.27. The number of halogens is 1. The van der Waals surface area contributed by atoms with Crippen LogP contribution in [0.1, 0.15) is 60.5 Å². The average Bonchev–Trinajstić information content (AvgIpc) is 3.39. The molecule has 2 aliphatic carbocycles. The predicted octanol–water partition coefficient (Wildman–Crippen LogP) is 6.59. The van der Waals surface area contributed by atoms with Gasteiger partial charge in [0.05, 0.1) is 16.8 Å². The van der Waals surface area contributed by atoms with Crippen LogP contribution in [-0.2, 0) is 6.42 Å². The van der Waals surface area contributed by atoms with Crippen LogP contribution >= 0.6 is 0 Å². The molecule has 1 aromatic carbocycles. The molecule has 6 rings (SSSR count). The average molecular weight is 540 g/mol. The second-order valence-corrected chi connectivity index (χ2v) is 10.9. The summed E-state index contributed by atoms with van der Waals surface area (Å²) in [6, 6.07) is 7.96. The first-order valence-corrected chi connectivity index (χ1v) is 13.9. The number of amides is 1. The molecule has 1 aliphatic heterocycles. The van der Waals surface area contributed by atoms with Crippen molar-refractivity contribution in [1.82, 2.24) is 25.2 Å². The number of nitrogens with zero attached hydrogens (tertiary/aromatic N) is 4. The number of hydrogen-bond acceptors (Lipinski definition) is 5. The zero-order chi connectivity index (χ0) is 28.2. The zero-order valence-corrected chi connectivity index (χ0v) is 23.5. The van der Waals surface area contributed by atoms with Crippen LogP contribution < -0.4 is 5.32 Å². The standard InChI is InChI=1S/C25H21FN4O.C8H15N.H2/c1-14-3-5-18(11-22(14)26)30-25(31)17-10-21-19(6-8-24(21)27-12-17)16-4-7-23-20(9-16)15(2)28-13-29-23;1-3-8-4-6-9(2)7-5-8;/h4-7,9-14H,3,8H2,1-2H3,(H,30,31);3,8H,1,4-7H2,2H3;1H. The van der Waals surface area contributed by atoms with Crippen LogP contribution in [-0.4, -0.2) is 45.9 Å². The number of aromatic nitrogens is 3. The second-order valence-electron chi connectivity index (χ2n) is 10.9. The number of carbonyl (C=O) groups is 1. The highest BCUT2D eigenvalue weighted by Gasteiger charge is 2.21. The Morgan fingerprint density at radius 3 is 2.73 bits per heavy atom. The van der Waals surface area contributed by atoms with E-state index in [0.29, 0.717) is 24.1 Å². The molecule has 1 N–H and O–H groups in total. The Hall–Kier alpha value is -3.97. The Kier molecular flexibility index (Phi) is 8.31. The highest BCUT2D eigenvalue weighted by atomic mass is 19.1. The maximum absolute atomic E-state index is 13.9. The van der Waals surface area contributed by atoms with Crippen molar-refractivity contribution >= 4 is 22.4 Å². The number of aryl methyl sites for hydroxylation is 1. The quantitative estimate of drug-likeness (QED) is 0.379. The van der Waals surface area contributed by atoms with Crippen molar-refractivity contribution in [2.75, 3.05) is 20.1 Å². The van der Waals surface area contributed by atoms with Gasteiger partial charge in [0, 0.05) is 42.3 Å². The summed E-state index contributed by atoms with van der Waals surface area (Å²) in [5, 5.41) is 3.80. The number of allylic oxidation sites excluding steroid dienone is 5. The number of hydrogen-bond donors (Lipinski definition) is 1. The van der Waals surface area contributed by atoms with E-state index in [4.69, 9.17) is 0 Å². The van der Waals surface area contributed by atoms with Gasteiger partial charge in [0.25, 0.3) is 5.91 Å². The van der Waals surface area contributed by atoms with Gasteiger partial charge in [-0.3, -0.25) is 9.78 Å². The molecule has 1 amide bonds. The van der Waals surface area contributed by atoms with Crippen LogP contribution in [0.25, 0.3) is 16.5 Å². The lowest BCUT2D eigenvalue weighted by molar-refractivity contribution is 0.0966. The van der Waals surface area contributed by atoms with Crippen LogP contribution in [0.15, 0.2) is 79.2 Å². The molecular formula is C33H38FN5O. The van der Waals surface area contributed by atoms with Gasteiger partial charge in [-0.15, -0.1) is 6.58 Å². The lowest BCUT2D eigenvalue weighted by Gasteiger charge is -2.26. The van der Waals surface area contributed by atoms with Crippen molar-refractivity contribution in [2.45, 2.75) is 39.5 Å². The molecule has 7 heteroatoms. The van der Waals surface area contributed by atoms with Crippen molar-refractivity contribution < 1.29 is 10.6 Å². The van der Waals surface area contributed by atoms with Gasteiger partial charge < -0.3 is 10.2 Å². The van der Waals surface area contributed by atoms with Crippen LogP contribution in [0.5, 0.6) is 0 Å². The van der Waals surface area contributed by atoms with Crippen LogP contribution in [0, 0.1) is 18.8 Å². The normalized spacial score (nSPS) is 19.1. The zero-order valence-electron chi connectivity index (χ0n) is 23.5. The Morgan fingerprint density at radius 2 is 1.98 bits per heavy atom. The first kappa shape index (κ1) is 27.6. The van der Waals surface area contributed by atoms with E-state index in [1.807, 2.05) is 38.1 Å². The fraction of sp³-hybridized carbons (Fsp3) is 0.333. The molecule has 0 saturated carbocycles. The Balaban J connectivity index is 0.000000333. The summed E-state index contributed by atoms with van der Waals surface area (Å²) in [6.07, 6.45) is 14.5. The summed E-state index contributed by atoms with van der Waals surface area (Å²) in [5.41, 5.74) is 6.71. The van der Waals surface area contributed by atoms with Crippen LogP contribution in [0.4, 0.5) is 4.39 Å². The summed E-state index contributed by atoms with van der Waals surface area (Å²) in [4.78, 5) is 28.3. The summed E-state index contributed by atoms with van der Waals surface area (Å²) in [7, 11) is 2.18. The number of rotatable bonds is 4. The molecule has 0 radical (unpaired) electrons. The number of piperidine rings is 1. The third-order valence-corrected chi connectivity index (χ3v) is 7.98. The predicted molar refractivity (Wildman–Crippen MR) is 160 cm³/mol. The van der Waals surface area contributed by atoms with E-state index in [-0.39, 0.29) is 19.1 Å². The third-order valence-electron chi connectivity index (χ3n) is 7.98. The van der Waals surface area contributed by atoms with Gasteiger partial charge in [-0.25, -0.2) is 14.4 Å². The van der Waals surface area contributed by atoms with E-state index >= 15 is 0 Å². The molecule has 1 unspecified atom stereocenters. The number of fused-ring (bicyclic) bond motifs is 2. The lowest BCUT2D eigenvalue weighted by Crippen LogP contribution is -2.29. The Bertz CT molecular complexity index is 1540. The van der Waals surface area contributed by atoms with Gasteiger partial charge in [0.2, 0.25) is 0 Å². The summed E-state index contributed by atoms with van der Waals surface area (Å²) in [6.45, 7) is 10.1. The maximum atomic E-state index is 13.9. The third kappa shape index (κ3) is 6.10. The molecule has 3 aliphatic rings. The molecule has 0 spiro atoms. The van der Waals surface area contributed by atoms with Crippen molar-refractivity contribution in [2.24, 2.45) is 11.8 Å². The molecule has 6 nitrogen and oxygen atoms in total. The van der Waals surface area contributed by atoms with E-state index in [9.17, 15) is 9.18 Å². The number of nitrogens with one attached hydrogen (secondary N) is 1. The smallest absolute Gasteiger partial charge is 0.257 e. The molecule has 1 atom stereocenters. The minimum Gasteiger partial charge on any atom is -0.322 e. The van der Waals surface area contributed by atoms with Gasteiger partial charge in [0.1, 0.15) is 12.2 Å². The maximum Gasteiger partial charge on any atom is 0.257 e. The fourth-order valence-corrected chi connectivity index (χ4v) is 5.27. The molecule has 3 heterocycles. The summed E-state index contributed by atoms with van der Waals surface area (Å²) >= 11 is 0. The Labute approximate surface area is 236 Å². The van der Waals surface area contributed by atoms with E-state index in [2.05, 4.69) is 57.0 Å². The number of carbonyl (C=O) groups excluding carboxylic acids is 1. The topological polar surface area (TPSA) is 71.0 Å². The minimum absolute atomic E-state index is 0. The van der Waals surface area contributed by atoms with Gasteiger partial charge in [-0.05, 0) is 87.7 Å². The molecular weight excluding hydrogens is 501 g/mol. The summed E-state index contributed by atoms with van der Waals surface area (Å²) < 4.78 is 13.9. The molecule has 208 valence electrons. The van der Waals surface area contributed by atoms with Crippen molar-refractivity contribution in [3.63, 3.8) is 0 Å². The van der Waals surface area contributed by atoms with E-state index in [1.54, 1.807) is 12.5 Å². The van der Waals surface area contributed by atoms with E-state index < -0.39 is 0 Å². The number of benzene rings is 1. The molecule has 1 saturated heterocycles. The summed E-state index contributed by atoms with van der Waals surface area (Å²) in [5.74, 6) is 0.132. The van der Waals surface area contributed by atoms with Gasteiger partial charge in [-0.1, -0.05) is 31.2 Å². The monoisotopic (exact) mass is 539 g/mol.